The average Bonchev–Trinajstić information content (AvgIpc) is 3.04. The van der Waals surface area contributed by atoms with Gasteiger partial charge >= 0.3 is 0 Å². The number of nitrogens with zero attached hydrogens (tertiary/aromatic N) is 5. The maximum absolute atomic E-state index is 9.20. The van der Waals surface area contributed by atoms with Gasteiger partial charge in [-0.3, -0.25) is 9.80 Å². The first-order valence-corrected chi connectivity index (χ1v) is 8.23. The molecule has 1 aliphatic heterocycles. The van der Waals surface area contributed by atoms with E-state index in [-0.39, 0.29) is 0 Å². The average molecular weight is 309 g/mol. The molecule has 0 aliphatic carbocycles. The third-order valence-corrected chi connectivity index (χ3v) is 4.50. The van der Waals surface area contributed by atoms with Crippen molar-refractivity contribution >= 4 is 0 Å². The molecule has 2 heterocycles. The number of hydrogen-bond donors (Lipinski definition) is 0. The van der Waals surface area contributed by atoms with Gasteiger partial charge < -0.3 is 4.57 Å². The van der Waals surface area contributed by atoms with Gasteiger partial charge in [0.05, 0.1) is 18.2 Å². The number of rotatable bonds is 5. The Morgan fingerprint density at radius 2 is 1.78 bits per heavy atom. The highest BCUT2D eigenvalue weighted by atomic mass is 15.3. The van der Waals surface area contributed by atoms with Crippen LogP contribution in [0.15, 0.2) is 36.7 Å². The normalized spacial score (nSPS) is 16.3. The zero-order chi connectivity index (χ0) is 16.1. The van der Waals surface area contributed by atoms with Crippen molar-refractivity contribution in [3.05, 3.63) is 53.6 Å². The van der Waals surface area contributed by atoms with E-state index in [1.54, 1.807) is 0 Å². The van der Waals surface area contributed by atoms with Crippen LogP contribution in [0.25, 0.3) is 0 Å². The molecule has 0 amide bonds. The van der Waals surface area contributed by atoms with Crippen molar-refractivity contribution in [3.63, 3.8) is 0 Å². The van der Waals surface area contributed by atoms with Crippen LogP contribution in [-0.2, 0) is 19.6 Å². The van der Waals surface area contributed by atoms with Crippen LogP contribution in [0.1, 0.15) is 23.9 Å². The summed E-state index contributed by atoms with van der Waals surface area (Å²) in [6, 6.07) is 10.2. The third kappa shape index (κ3) is 3.79. The number of benzene rings is 1. The zero-order valence-electron chi connectivity index (χ0n) is 13.6. The van der Waals surface area contributed by atoms with Crippen LogP contribution in [-0.4, -0.2) is 45.5 Å². The number of aromatic nitrogens is 2. The highest BCUT2D eigenvalue weighted by molar-refractivity contribution is 5.37. The van der Waals surface area contributed by atoms with E-state index in [0.29, 0.717) is 0 Å². The Morgan fingerprint density at radius 3 is 2.48 bits per heavy atom. The Hall–Kier alpha value is -2.16. The minimum absolute atomic E-state index is 0.792. The molecule has 1 saturated heterocycles. The first kappa shape index (κ1) is 15.7. The zero-order valence-corrected chi connectivity index (χ0v) is 13.6. The molecular formula is C18H23N5. The monoisotopic (exact) mass is 309 g/mol. The summed E-state index contributed by atoms with van der Waals surface area (Å²) in [6.45, 7) is 9.07. The van der Waals surface area contributed by atoms with Crippen molar-refractivity contribution < 1.29 is 0 Å². The van der Waals surface area contributed by atoms with E-state index in [9.17, 15) is 5.26 Å². The molecule has 0 spiro atoms. The van der Waals surface area contributed by atoms with Gasteiger partial charge in [0.1, 0.15) is 5.82 Å². The second-order valence-corrected chi connectivity index (χ2v) is 5.95. The lowest BCUT2D eigenvalue weighted by molar-refractivity contribution is 0.119. The molecule has 120 valence electrons. The Kier molecular flexibility index (Phi) is 5.06. The molecule has 5 nitrogen and oxygen atoms in total. The topological polar surface area (TPSA) is 48.1 Å². The van der Waals surface area contributed by atoms with Gasteiger partial charge in [-0.05, 0) is 18.6 Å². The van der Waals surface area contributed by atoms with Crippen molar-refractivity contribution in [2.75, 3.05) is 26.2 Å². The van der Waals surface area contributed by atoms with Crippen LogP contribution in [0.2, 0.25) is 0 Å². The smallest absolute Gasteiger partial charge is 0.122 e. The summed E-state index contributed by atoms with van der Waals surface area (Å²) in [5.41, 5.74) is 1.92. The van der Waals surface area contributed by atoms with E-state index in [1.165, 1.54) is 0 Å². The second-order valence-electron chi connectivity index (χ2n) is 5.95. The van der Waals surface area contributed by atoms with Crippen LogP contribution in [0, 0.1) is 11.3 Å². The lowest BCUT2D eigenvalue weighted by Crippen LogP contribution is -2.45. The highest BCUT2D eigenvalue weighted by Crippen LogP contribution is 2.14. The fourth-order valence-corrected chi connectivity index (χ4v) is 3.09. The molecule has 3 rings (SSSR count). The Balaban J connectivity index is 1.53. The summed E-state index contributed by atoms with van der Waals surface area (Å²) >= 11 is 0. The Bertz CT molecular complexity index is 677. The molecule has 5 heteroatoms. The molecule has 1 aliphatic rings. The number of nitriles is 1. The first-order valence-electron chi connectivity index (χ1n) is 8.23. The SMILES string of the molecule is CCn1ccnc1CN1CCN(Cc2ccccc2C#N)CC1. The molecule has 1 aromatic heterocycles. The Labute approximate surface area is 137 Å². The maximum Gasteiger partial charge on any atom is 0.122 e. The quantitative estimate of drug-likeness (QED) is 0.848. The summed E-state index contributed by atoms with van der Waals surface area (Å²) in [5.74, 6) is 1.15. The summed E-state index contributed by atoms with van der Waals surface area (Å²) in [5, 5.41) is 9.20. The van der Waals surface area contributed by atoms with E-state index in [4.69, 9.17) is 0 Å². The van der Waals surface area contributed by atoms with Crippen LogP contribution < -0.4 is 0 Å². The van der Waals surface area contributed by atoms with Gasteiger partial charge in [-0.2, -0.15) is 5.26 Å². The number of hydrogen-bond acceptors (Lipinski definition) is 4. The summed E-state index contributed by atoms with van der Waals surface area (Å²) < 4.78 is 2.20. The lowest BCUT2D eigenvalue weighted by Gasteiger charge is -2.34. The van der Waals surface area contributed by atoms with Gasteiger partial charge in [0, 0.05) is 51.7 Å². The Morgan fingerprint density at radius 1 is 1.09 bits per heavy atom. The van der Waals surface area contributed by atoms with E-state index < -0.39 is 0 Å². The summed E-state index contributed by atoms with van der Waals surface area (Å²) in [7, 11) is 0. The van der Waals surface area contributed by atoms with Gasteiger partial charge in [-0.25, -0.2) is 4.98 Å². The number of piperazine rings is 1. The van der Waals surface area contributed by atoms with Crippen molar-refractivity contribution in [2.24, 2.45) is 0 Å². The van der Waals surface area contributed by atoms with E-state index in [1.807, 2.05) is 30.6 Å². The van der Waals surface area contributed by atoms with Gasteiger partial charge in [0.15, 0.2) is 0 Å². The van der Waals surface area contributed by atoms with Crippen molar-refractivity contribution in [2.45, 2.75) is 26.6 Å². The molecular weight excluding hydrogens is 286 g/mol. The van der Waals surface area contributed by atoms with E-state index >= 15 is 0 Å². The van der Waals surface area contributed by atoms with Crippen LogP contribution in [0.4, 0.5) is 0 Å². The maximum atomic E-state index is 9.20. The summed E-state index contributed by atoms with van der Waals surface area (Å²) in [4.78, 5) is 9.35. The molecule has 0 radical (unpaired) electrons. The minimum Gasteiger partial charge on any atom is -0.334 e. The van der Waals surface area contributed by atoms with E-state index in [0.717, 1.165) is 62.8 Å². The van der Waals surface area contributed by atoms with Gasteiger partial charge in [-0.1, -0.05) is 18.2 Å². The molecule has 2 aromatic rings. The van der Waals surface area contributed by atoms with Crippen molar-refractivity contribution in [3.8, 4) is 6.07 Å². The van der Waals surface area contributed by atoms with Crippen molar-refractivity contribution in [1.82, 2.24) is 19.4 Å². The van der Waals surface area contributed by atoms with Crippen LogP contribution in [0.5, 0.6) is 0 Å². The molecule has 0 atom stereocenters. The van der Waals surface area contributed by atoms with Crippen molar-refractivity contribution in [1.29, 1.82) is 5.26 Å². The molecule has 23 heavy (non-hydrogen) atoms. The number of imidazole rings is 1. The summed E-state index contributed by atoms with van der Waals surface area (Å²) in [6.07, 6.45) is 3.93. The predicted molar refractivity (Wildman–Crippen MR) is 89.6 cm³/mol. The van der Waals surface area contributed by atoms with Gasteiger partial charge in [0.25, 0.3) is 0 Å². The first-order chi connectivity index (χ1) is 11.3. The molecule has 0 unspecified atom stereocenters. The fraction of sp³-hybridized carbons (Fsp3) is 0.444. The fourth-order valence-electron chi connectivity index (χ4n) is 3.09. The lowest BCUT2D eigenvalue weighted by atomic mass is 10.1. The molecule has 0 bridgehead atoms. The number of aryl methyl sites for hydroxylation is 1. The van der Waals surface area contributed by atoms with Gasteiger partial charge in [-0.15, -0.1) is 0 Å². The van der Waals surface area contributed by atoms with Gasteiger partial charge in [0.2, 0.25) is 0 Å². The largest absolute Gasteiger partial charge is 0.334 e. The molecule has 0 N–H and O–H groups in total. The molecule has 1 fully saturated rings. The second kappa shape index (κ2) is 7.40. The van der Waals surface area contributed by atoms with E-state index in [2.05, 4.69) is 38.4 Å². The van der Waals surface area contributed by atoms with Crippen LogP contribution in [0.3, 0.4) is 0 Å². The van der Waals surface area contributed by atoms with Crippen LogP contribution >= 0.6 is 0 Å². The predicted octanol–water partition coefficient (Wildman–Crippen LogP) is 2.09. The minimum atomic E-state index is 0.792. The third-order valence-electron chi connectivity index (χ3n) is 4.50. The molecule has 1 aromatic carbocycles. The standard InChI is InChI=1S/C18H23N5/c1-2-23-8-7-20-18(23)15-22-11-9-21(10-12-22)14-17-6-4-3-5-16(17)13-19/h3-8H,2,9-12,14-15H2,1H3. The highest BCUT2D eigenvalue weighted by Gasteiger charge is 2.19. The molecule has 0 saturated carbocycles.